The highest BCUT2D eigenvalue weighted by atomic mass is 79.9. The van der Waals surface area contributed by atoms with Gasteiger partial charge in [-0.15, -0.1) is 0 Å². The van der Waals surface area contributed by atoms with Crippen LogP contribution in [0.3, 0.4) is 0 Å². The lowest BCUT2D eigenvalue weighted by atomic mass is 10.0. The topological polar surface area (TPSA) is 105 Å². The van der Waals surface area contributed by atoms with Crippen molar-refractivity contribution in [2.45, 2.75) is 31.6 Å². The van der Waals surface area contributed by atoms with E-state index < -0.39 is 18.0 Å². The molecule has 3 N–H and O–H groups in total. The lowest BCUT2D eigenvalue weighted by Gasteiger charge is -2.19. The molecule has 1 aromatic heterocycles. The van der Waals surface area contributed by atoms with E-state index in [2.05, 4.69) is 36.7 Å². The predicted octanol–water partition coefficient (Wildman–Crippen LogP) is 3.76. The first kappa shape index (κ1) is 22.8. The molecule has 0 saturated carbocycles. The molecule has 4 rings (SSSR count). The molecule has 0 bridgehead atoms. The molecule has 10 heteroatoms. The number of hydrogen-bond acceptors (Lipinski definition) is 5. The van der Waals surface area contributed by atoms with Crippen molar-refractivity contribution in [3.05, 3.63) is 71.7 Å². The summed E-state index contributed by atoms with van der Waals surface area (Å²) in [4.78, 5) is 33.7. The average molecular weight is 517 g/mol. The van der Waals surface area contributed by atoms with Gasteiger partial charge in [0.25, 0.3) is 0 Å². The lowest BCUT2D eigenvalue weighted by Crippen LogP contribution is -2.49. The molecule has 1 aliphatic heterocycles. The fourth-order valence-corrected chi connectivity index (χ4v) is 3.94. The summed E-state index contributed by atoms with van der Waals surface area (Å²) in [7, 11) is 0. The van der Waals surface area contributed by atoms with Crippen LogP contribution in [0.5, 0.6) is 0 Å². The van der Waals surface area contributed by atoms with Crippen LogP contribution in [0.4, 0.5) is 9.18 Å². The Morgan fingerprint density at radius 2 is 2.09 bits per heavy atom. The van der Waals surface area contributed by atoms with E-state index in [1.165, 1.54) is 12.1 Å². The minimum Gasteiger partial charge on any atom is -0.445 e. The summed E-state index contributed by atoms with van der Waals surface area (Å²) >= 11 is 3.26. The van der Waals surface area contributed by atoms with E-state index in [-0.39, 0.29) is 31.5 Å². The van der Waals surface area contributed by atoms with Gasteiger partial charge in [0.05, 0.1) is 6.54 Å². The van der Waals surface area contributed by atoms with Gasteiger partial charge in [-0.05, 0) is 45.3 Å². The van der Waals surface area contributed by atoms with Crippen molar-refractivity contribution in [3.8, 4) is 0 Å². The van der Waals surface area contributed by atoms with Crippen molar-refractivity contribution < 1.29 is 23.6 Å². The monoisotopic (exact) mass is 516 g/mol. The lowest BCUT2D eigenvalue weighted by molar-refractivity contribution is -0.123. The Labute approximate surface area is 197 Å². The molecule has 2 aromatic carbocycles. The largest absolute Gasteiger partial charge is 0.445 e. The molecule has 0 saturated heterocycles. The zero-order valence-electron chi connectivity index (χ0n) is 17.5. The number of amides is 2. The van der Waals surface area contributed by atoms with E-state index in [1.54, 1.807) is 12.3 Å². The molecule has 0 radical (unpaired) electrons. The second-order valence-corrected chi connectivity index (χ2v) is 8.53. The fraction of sp³-hybridized carbons (Fsp3) is 0.261. The SMILES string of the molecule is O=C(NC(Cc1c[nH]c2ccc(F)cc12)C(=O)NCC1CC(Br)=NO1)OCc1ccccc1. The van der Waals surface area contributed by atoms with E-state index >= 15 is 0 Å². The van der Waals surface area contributed by atoms with Crippen molar-refractivity contribution in [2.24, 2.45) is 5.16 Å². The first-order chi connectivity index (χ1) is 16.0. The Kier molecular flexibility index (Phi) is 7.23. The number of rotatable bonds is 8. The molecule has 0 fully saturated rings. The van der Waals surface area contributed by atoms with Gasteiger partial charge >= 0.3 is 6.09 Å². The summed E-state index contributed by atoms with van der Waals surface area (Å²) in [5.74, 6) is -0.799. The number of ether oxygens (including phenoxy) is 1. The molecule has 2 atom stereocenters. The van der Waals surface area contributed by atoms with Gasteiger partial charge in [0.15, 0.2) is 6.10 Å². The van der Waals surface area contributed by atoms with Crippen LogP contribution in [-0.2, 0) is 27.4 Å². The quantitative estimate of drug-likeness (QED) is 0.423. The number of aromatic nitrogens is 1. The van der Waals surface area contributed by atoms with Gasteiger partial charge < -0.3 is 25.2 Å². The van der Waals surface area contributed by atoms with Crippen LogP contribution in [0.1, 0.15) is 17.5 Å². The van der Waals surface area contributed by atoms with Gasteiger partial charge in [0, 0.05) is 29.9 Å². The van der Waals surface area contributed by atoms with Crippen LogP contribution in [0.2, 0.25) is 0 Å². The molecule has 0 spiro atoms. The number of carbonyl (C=O) groups is 2. The molecule has 2 amide bonds. The van der Waals surface area contributed by atoms with Crippen LogP contribution in [0.15, 0.2) is 59.9 Å². The van der Waals surface area contributed by atoms with Gasteiger partial charge in [-0.1, -0.05) is 35.5 Å². The highest BCUT2D eigenvalue weighted by Gasteiger charge is 2.26. The second kappa shape index (κ2) is 10.5. The normalized spacial score (nSPS) is 16.1. The van der Waals surface area contributed by atoms with E-state index in [1.807, 2.05) is 30.3 Å². The molecular weight excluding hydrogens is 495 g/mol. The van der Waals surface area contributed by atoms with E-state index in [4.69, 9.17) is 9.57 Å². The fourth-order valence-electron chi connectivity index (χ4n) is 3.50. The maximum atomic E-state index is 13.8. The number of nitrogens with zero attached hydrogens (tertiary/aromatic N) is 1. The zero-order valence-corrected chi connectivity index (χ0v) is 19.1. The van der Waals surface area contributed by atoms with Crippen molar-refractivity contribution in [1.29, 1.82) is 0 Å². The summed E-state index contributed by atoms with van der Waals surface area (Å²) in [5.41, 5.74) is 2.25. The second-order valence-electron chi connectivity index (χ2n) is 7.61. The summed E-state index contributed by atoms with van der Waals surface area (Å²) < 4.78 is 19.7. The molecule has 0 aliphatic carbocycles. The first-order valence-electron chi connectivity index (χ1n) is 10.4. The number of hydrogen-bond donors (Lipinski definition) is 3. The summed E-state index contributed by atoms with van der Waals surface area (Å²) in [6.07, 6.45) is 1.36. The summed E-state index contributed by atoms with van der Waals surface area (Å²) in [5, 5.41) is 9.85. The third-order valence-corrected chi connectivity index (χ3v) is 5.64. The third kappa shape index (κ3) is 6.10. The Morgan fingerprint density at radius 1 is 1.27 bits per heavy atom. The maximum absolute atomic E-state index is 13.8. The molecule has 33 heavy (non-hydrogen) atoms. The van der Waals surface area contributed by atoms with E-state index in [0.717, 1.165) is 11.1 Å². The molecule has 2 unspecified atom stereocenters. The highest BCUT2D eigenvalue weighted by Crippen LogP contribution is 2.21. The Bertz CT molecular complexity index is 1170. The molecule has 3 aromatic rings. The predicted molar refractivity (Wildman–Crippen MR) is 124 cm³/mol. The number of nitrogens with one attached hydrogen (secondary N) is 3. The van der Waals surface area contributed by atoms with E-state index in [9.17, 15) is 14.0 Å². The van der Waals surface area contributed by atoms with Crippen LogP contribution >= 0.6 is 15.9 Å². The van der Waals surface area contributed by atoms with Crippen molar-refractivity contribution >= 4 is 43.5 Å². The standard InChI is InChI=1S/C23H22BrFN4O4/c24-21-10-17(33-29-21)12-27-22(30)20(28-23(31)32-13-14-4-2-1-3-5-14)8-15-11-26-19-7-6-16(25)9-18(15)19/h1-7,9,11,17,20,26H,8,10,12-13H2,(H,27,30)(H,28,31). The van der Waals surface area contributed by atoms with Gasteiger partial charge in [0.2, 0.25) is 5.91 Å². The minimum atomic E-state index is -0.943. The Balaban J connectivity index is 1.43. The van der Waals surface area contributed by atoms with Crippen molar-refractivity contribution in [3.63, 3.8) is 0 Å². The number of fused-ring (bicyclic) bond motifs is 1. The Hall–Kier alpha value is -3.40. The number of alkyl carbamates (subject to hydrolysis) is 1. The van der Waals surface area contributed by atoms with Crippen LogP contribution < -0.4 is 10.6 Å². The van der Waals surface area contributed by atoms with Crippen molar-refractivity contribution in [1.82, 2.24) is 15.6 Å². The van der Waals surface area contributed by atoms with Crippen LogP contribution in [0, 0.1) is 5.82 Å². The number of H-pyrrole nitrogens is 1. The number of oxime groups is 1. The minimum absolute atomic E-state index is 0.0700. The zero-order chi connectivity index (χ0) is 23.2. The van der Waals surface area contributed by atoms with Gasteiger partial charge in [-0.3, -0.25) is 4.79 Å². The van der Waals surface area contributed by atoms with Gasteiger partial charge in [-0.2, -0.15) is 0 Å². The number of benzene rings is 2. The van der Waals surface area contributed by atoms with Crippen molar-refractivity contribution in [2.75, 3.05) is 6.54 Å². The van der Waals surface area contributed by atoms with E-state index in [0.29, 0.717) is 22.0 Å². The molecule has 172 valence electrons. The maximum Gasteiger partial charge on any atom is 0.408 e. The van der Waals surface area contributed by atoms with Gasteiger partial charge in [0.1, 0.15) is 23.1 Å². The van der Waals surface area contributed by atoms with Gasteiger partial charge in [-0.25, -0.2) is 9.18 Å². The molecular formula is C23H22BrFN4O4. The Morgan fingerprint density at radius 3 is 2.85 bits per heavy atom. The molecule has 8 nitrogen and oxygen atoms in total. The molecule has 1 aliphatic rings. The summed E-state index contributed by atoms with van der Waals surface area (Å²) in [6, 6.07) is 12.7. The smallest absolute Gasteiger partial charge is 0.408 e. The van der Waals surface area contributed by atoms with Crippen LogP contribution in [-0.4, -0.2) is 40.3 Å². The third-order valence-electron chi connectivity index (χ3n) is 5.18. The highest BCUT2D eigenvalue weighted by molar-refractivity contribution is 9.18. The first-order valence-corrected chi connectivity index (χ1v) is 11.2. The number of halogens is 2. The average Bonchev–Trinajstić information content (AvgIpc) is 3.42. The number of aromatic amines is 1. The molecule has 2 heterocycles. The number of carbonyl (C=O) groups excluding carboxylic acids is 2. The summed E-state index contributed by atoms with van der Waals surface area (Å²) in [6.45, 7) is 0.289. The van der Waals surface area contributed by atoms with Crippen LogP contribution in [0.25, 0.3) is 10.9 Å².